The molecule has 18 heavy (non-hydrogen) atoms. The van der Waals surface area contributed by atoms with Gasteiger partial charge in [-0.05, 0) is 25.3 Å². The number of hydrogen-bond donors (Lipinski definition) is 1. The molecule has 0 aliphatic heterocycles. The molecule has 0 fully saturated rings. The first-order valence-corrected chi connectivity index (χ1v) is 6.57. The third-order valence-electron chi connectivity index (χ3n) is 2.94. The summed E-state index contributed by atoms with van der Waals surface area (Å²) in [4.78, 5) is 11.9. The molecule has 1 aromatic carbocycles. The van der Waals surface area contributed by atoms with Crippen molar-refractivity contribution in [2.45, 2.75) is 39.2 Å². The number of aliphatic hydroxyl groups excluding tert-OH is 1. The van der Waals surface area contributed by atoms with E-state index in [-0.39, 0.29) is 5.97 Å². The zero-order valence-corrected chi connectivity index (χ0v) is 11.1. The fourth-order valence-electron chi connectivity index (χ4n) is 1.99. The smallest absolute Gasteiger partial charge is 0.311 e. The normalized spacial score (nSPS) is 13.9. The van der Waals surface area contributed by atoms with E-state index in [2.05, 4.69) is 0 Å². The highest BCUT2D eigenvalue weighted by Gasteiger charge is 2.27. The molecule has 1 rings (SSSR count). The fraction of sp³-hybridized carbons (Fsp3) is 0.533. The van der Waals surface area contributed by atoms with Crippen LogP contribution in [0.1, 0.15) is 32.3 Å². The molecule has 0 aliphatic carbocycles. The van der Waals surface area contributed by atoms with Crippen LogP contribution in [-0.2, 0) is 16.0 Å². The lowest BCUT2D eigenvalue weighted by molar-refractivity contribution is -0.152. The molecule has 0 saturated heterocycles. The molecule has 1 N–H and O–H groups in total. The van der Waals surface area contributed by atoms with E-state index in [1.54, 1.807) is 6.92 Å². The molecule has 0 bridgehead atoms. The highest BCUT2D eigenvalue weighted by atomic mass is 16.5. The third kappa shape index (κ3) is 4.49. The van der Waals surface area contributed by atoms with E-state index in [1.807, 2.05) is 37.3 Å². The van der Waals surface area contributed by atoms with Gasteiger partial charge in [-0.2, -0.15) is 0 Å². The summed E-state index contributed by atoms with van der Waals surface area (Å²) >= 11 is 0. The van der Waals surface area contributed by atoms with Gasteiger partial charge in [-0.25, -0.2) is 0 Å². The number of carbonyl (C=O) groups is 1. The van der Waals surface area contributed by atoms with Crippen molar-refractivity contribution in [2.24, 2.45) is 5.92 Å². The zero-order valence-electron chi connectivity index (χ0n) is 11.1. The van der Waals surface area contributed by atoms with E-state index in [9.17, 15) is 9.90 Å². The zero-order chi connectivity index (χ0) is 13.4. The molecule has 0 spiro atoms. The van der Waals surface area contributed by atoms with Gasteiger partial charge in [0.15, 0.2) is 0 Å². The van der Waals surface area contributed by atoms with Crippen molar-refractivity contribution in [3.8, 4) is 0 Å². The van der Waals surface area contributed by atoms with Gasteiger partial charge in [0, 0.05) is 0 Å². The topological polar surface area (TPSA) is 46.5 Å². The predicted molar refractivity (Wildman–Crippen MR) is 71.2 cm³/mol. The second-order valence-electron chi connectivity index (χ2n) is 4.40. The van der Waals surface area contributed by atoms with Crippen molar-refractivity contribution < 1.29 is 14.6 Å². The summed E-state index contributed by atoms with van der Waals surface area (Å²) < 4.78 is 5.04. The Bertz CT molecular complexity index is 348. The van der Waals surface area contributed by atoms with Crippen LogP contribution in [0.15, 0.2) is 30.3 Å². The molecule has 0 heterocycles. The molecule has 100 valence electrons. The minimum atomic E-state index is -0.630. The van der Waals surface area contributed by atoms with Crippen molar-refractivity contribution >= 4 is 5.97 Å². The molecule has 2 unspecified atom stereocenters. The molecule has 3 heteroatoms. The Balaban J connectivity index is 2.74. The van der Waals surface area contributed by atoms with Crippen molar-refractivity contribution in [1.82, 2.24) is 0 Å². The first-order chi connectivity index (χ1) is 8.69. The van der Waals surface area contributed by atoms with E-state index in [1.165, 1.54) is 0 Å². The van der Waals surface area contributed by atoms with Crippen LogP contribution in [0.4, 0.5) is 0 Å². The average Bonchev–Trinajstić information content (AvgIpc) is 2.37. The number of esters is 1. The Labute approximate surface area is 109 Å². The largest absolute Gasteiger partial charge is 0.466 e. The van der Waals surface area contributed by atoms with Gasteiger partial charge in [0.25, 0.3) is 0 Å². The van der Waals surface area contributed by atoms with Gasteiger partial charge in [0.05, 0.1) is 18.6 Å². The standard InChI is InChI=1S/C15H22O3/c1-3-8-14(16)13(15(17)18-4-2)11-12-9-6-5-7-10-12/h5-7,9-10,13-14,16H,3-4,8,11H2,1-2H3. The van der Waals surface area contributed by atoms with Crippen molar-refractivity contribution in [1.29, 1.82) is 0 Å². The minimum Gasteiger partial charge on any atom is -0.466 e. The second kappa shape index (κ2) is 7.88. The number of carbonyl (C=O) groups excluding carboxylic acids is 1. The van der Waals surface area contributed by atoms with Crippen molar-refractivity contribution in [2.75, 3.05) is 6.61 Å². The van der Waals surface area contributed by atoms with Crippen LogP contribution in [0.25, 0.3) is 0 Å². The van der Waals surface area contributed by atoms with Crippen LogP contribution in [0.2, 0.25) is 0 Å². The molecule has 1 aromatic rings. The first-order valence-electron chi connectivity index (χ1n) is 6.57. The quantitative estimate of drug-likeness (QED) is 0.756. The maximum Gasteiger partial charge on any atom is 0.311 e. The van der Waals surface area contributed by atoms with Crippen molar-refractivity contribution in [3.63, 3.8) is 0 Å². The van der Waals surface area contributed by atoms with Crippen LogP contribution in [0.5, 0.6) is 0 Å². The molecular weight excluding hydrogens is 228 g/mol. The highest BCUT2D eigenvalue weighted by Crippen LogP contribution is 2.18. The number of ether oxygens (including phenoxy) is 1. The number of hydrogen-bond acceptors (Lipinski definition) is 3. The SMILES string of the molecule is CCCC(O)C(Cc1ccccc1)C(=O)OCC. The van der Waals surface area contributed by atoms with Gasteiger partial charge in [-0.1, -0.05) is 43.7 Å². The molecule has 0 amide bonds. The Morgan fingerprint density at radius 1 is 1.28 bits per heavy atom. The van der Waals surface area contributed by atoms with Gasteiger partial charge in [-0.15, -0.1) is 0 Å². The summed E-state index contributed by atoms with van der Waals surface area (Å²) in [5.41, 5.74) is 1.05. The second-order valence-corrected chi connectivity index (χ2v) is 4.40. The van der Waals surface area contributed by atoms with E-state index < -0.39 is 12.0 Å². The lowest BCUT2D eigenvalue weighted by Crippen LogP contribution is -2.31. The van der Waals surface area contributed by atoms with Gasteiger partial charge < -0.3 is 9.84 Å². The molecule has 0 aliphatic rings. The van der Waals surface area contributed by atoms with Crippen LogP contribution in [0, 0.1) is 5.92 Å². The number of benzene rings is 1. The van der Waals surface area contributed by atoms with Crippen LogP contribution in [0.3, 0.4) is 0 Å². The lowest BCUT2D eigenvalue weighted by Gasteiger charge is -2.21. The summed E-state index contributed by atoms with van der Waals surface area (Å²) in [6, 6.07) is 9.73. The molecular formula is C15H22O3. The van der Waals surface area contributed by atoms with Crippen LogP contribution < -0.4 is 0 Å². The van der Waals surface area contributed by atoms with Gasteiger partial charge in [-0.3, -0.25) is 4.79 Å². The summed E-state index contributed by atoms with van der Waals surface area (Å²) in [5.74, 6) is -0.769. The maximum atomic E-state index is 11.9. The highest BCUT2D eigenvalue weighted by molar-refractivity contribution is 5.73. The molecule has 3 nitrogen and oxygen atoms in total. The fourth-order valence-corrected chi connectivity index (χ4v) is 1.99. The van der Waals surface area contributed by atoms with Gasteiger partial charge in [0.2, 0.25) is 0 Å². The molecule has 2 atom stereocenters. The Morgan fingerprint density at radius 3 is 2.50 bits per heavy atom. The average molecular weight is 250 g/mol. The van der Waals surface area contributed by atoms with E-state index in [0.717, 1.165) is 12.0 Å². The lowest BCUT2D eigenvalue weighted by atomic mass is 9.91. The third-order valence-corrected chi connectivity index (χ3v) is 2.94. The maximum absolute atomic E-state index is 11.9. The van der Waals surface area contributed by atoms with E-state index >= 15 is 0 Å². The Morgan fingerprint density at radius 2 is 1.94 bits per heavy atom. The number of rotatable bonds is 7. The monoisotopic (exact) mass is 250 g/mol. The van der Waals surface area contributed by atoms with Crippen LogP contribution in [-0.4, -0.2) is 23.8 Å². The van der Waals surface area contributed by atoms with Crippen molar-refractivity contribution in [3.05, 3.63) is 35.9 Å². The Hall–Kier alpha value is -1.35. The molecule has 0 saturated carbocycles. The first kappa shape index (κ1) is 14.7. The summed E-state index contributed by atoms with van der Waals surface area (Å²) in [6.45, 7) is 4.13. The Kier molecular flexibility index (Phi) is 6.44. The van der Waals surface area contributed by atoms with Crippen LogP contribution >= 0.6 is 0 Å². The summed E-state index contributed by atoms with van der Waals surface area (Å²) in [6.07, 6.45) is 1.37. The van der Waals surface area contributed by atoms with Gasteiger partial charge in [0.1, 0.15) is 0 Å². The predicted octanol–water partition coefficient (Wildman–Crippen LogP) is 2.57. The number of aliphatic hydroxyl groups is 1. The van der Waals surface area contributed by atoms with E-state index in [4.69, 9.17) is 4.74 Å². The minimum absolute atomic E-state index is 0.303. The molecule has 0 aromatic heterocycles. The summed E-state index contributed by atoms with van der Waals surface area (Å²) in [5, 5.41) is 10.1. The van der Waals surface area contributed by atoms with Gasteiger partial charge >= 0.3 is 5.97 Å². The molecule has 0 radical (unpaired) electrons. The summed E-state index contributed by atoms with van der Waals surface area (Å²) in [7, 11) is 0. The van der Waals surface area contributed by atoms with E-state index in [0.29, 0.717) is 19.4 Å².